The van der Waals surface area contributed by atoms with Crippen LogP contribution in [-0.4, -0.2) is 11.1 Å². The molecule has 0 amide bonds. The zero-order valence-corrected chi connectivity index (χ0v) is 5.42. The molecule has 0 bridgehead atoms. The maximum Gasteiger partial charge on any atom is 0.331 e. The van der Waals surface area contributed by atoms with E-state index in [1.165, 1.54) is 0 Å². The molecule has 1 atom stereocenters. The Balaban J connectivity index is 2.62. The van der Waals surface area contributed by atoms with Crippen molar-refractivity contribution in [2.45, 2.75) is 19.8 Å². The molecule has 2 heteroatoms. The highest BCUT2D eigenvalue weighted by Gasteiger charge is 2.15. The summed E-state index contributed by atoms with van der Waals surface area (Å²) in [6.07, 6.45) is 3.58. The molecule has 0 spiro atoms. The van der Waals surface area contributed by atoms with Gasteiger partial charge in [-0.05, 0) is 18.8 Å². The molecular formula is C7H10O2. The molecule has 1 N–H and O–H groups in total. The van der Waals surface area contributed by atoms with Crippen LogP contribution in [0.4, 0.5) is 0 Å². The Bertz CT molecular complexity index is 158. The Kier molecular flexibility index (Phi) is 1.56. The minimum absolute atomic E-state index is 0.469. The number of allylic oxidation sites excluding steroid dienone is 1. The van der Waals surface area contributed by atoms with E-state index in [9.17, 15) is 4.79 Å². The van der Waals surface area contributed by atoms with Gasteiger partial charge in [0.15, 0.2) is 0 Å². The molecule has 0 unspecified atom stereocenters. The third-order valence-corrected chi connectivity index (χ3v) is 1.63. The smallest absolute Gasteiger partial charge is 0.331 e. The Morgan fingerprint density at radius 1 is 1.89 bits per heavy atom. The quantitative estimate of drug-likeness (QED) is 0.577. The van der Waals surface area contributed by atoms with E-state index >= 15 is 0 Å². The second kappa shape index (κ2) is 2.21. The van der Waals surface area contributed by atoms with Crippen LogP contribution in [0.3, 0.4) is 0 Å². The lowest BCUT2D eigenvalue weighted by Gasteiger charge is -1.89. The molecule has 2 nitrogen and oxygen atoms in total. The van der Waals surface area contributed by atoms with Gasteiger partial charge < -0.3 is 5.11 Å². The molecule has 1 rings (SSSR count). The van der Waals surface area contributed by atoms with Crippen molar-refractivity contribution in [1.29, 1.82) is 0 Å². The first kappa shape index (κ1) is 6.33. The van der Waals surface area contributed by atoms with Gasteiger partial charge in [-0.2, -0.15) is 0 Å². The van der Waals surface area contributed by atoms with Crippen LogP contribution in [0.25, 0.3) is 0 Å². The van der Waals surface area contributed by atoms with E-state index in [0.717, 1.165) is 12.8 Å². The predicted octanol–water partition coefficient (Wildman–Crippen LogP) is 1.43. The molecule has 0 saturated heterocycles. The van der Waals surface area contributed by atoms with Crippen LogP contribution in [0.15, 0.2) is 11.6 Å². The van der Waals surface area contributed by atoms with Crippen LogP contribution >= 0.6 is 0 Å². The van der Waals surface area contributed by atoms with E-state index in [2.05, 4.69) is 0 Å². The zero-order valence-electron chi connectivity index (χ0n) is 5.42. The maximum atomic E-state index is 10.3. The average Bonchev–Trinajstić information content (AvgIpc) is 2.14. The summed E-state index contributed by atoms with van der Waals surface area (Å²) in [4.78, 5) is 10.3. The molecule has 0 radical (unpaired) electrons. The van der Waals surface area contributed by atoms with Gasteiger partial charge in [-0.1, -0.05) is 13.0 Å². The van der Waals surface area contributed by atoms with E-state index in [0.29, 0.717) is 11.5 Å². The highest BCUT2D eigenvalue weighted by atomic mass is 16.4. The van der Waals surface area contributed by atoms with Gasteiger partial charge in [0.25, 0.3) is 0 Å². The summed E-state index contributed by atoms with van der Waals surface area (Å²) in [5.41, 5.74) is 0.586. The predicted molar refractivity (Wildman–Crippen MR) is 34.1 cm³/mol. The molecule has 0 aliphatic heterocycles. The molecule has 1 aliphatic carbocycles. The third kappa shape index (κ3) is 1.31. The molecule has 1 aliphatic rings. The first-order valence-electron chi connectivity index (χ1n) is 3.14. The van der Waals surface area contributed by atoms with Gasteiger partial charge in [0.05, 0.1) is 0 Å². The molecular weight excluding hydrogens is 116 g/mol. The number of aliphatic carboxylic acids is 1. The fourth-order valence-electron chi connectivity index (χ4n) is 1.07. The summed E-state index contributed by atoms with van der Waals surface area (Å²) < 4.78 is 0. The van der Waals surface area contributed by atoms with Crippen molar-refractivity contribution in [2.24, 2.45) is 5.92 Å². The maximum absolute atomic E-state index is 10.3. The van der Waals surface area contributed by atoms with Crippen molar-refractivity contribution in [1.82, 2.24) is 0 Å². The SMILES string of the molecule is C[C@H]1C=C(C(=O)O)CC1. The topological polar surface area (TPSA) is 37.3 Å². The molecule has 0 heterocycles. The Hall–Kier alpha value is -0.790. The summed E-state index contributed by atoms with van der Waals surface area (Å²) in [7, 11) is 0. The average molecular weight is 126 g/mol. The van der Waals surface area contributed by atoms with Crippen molar-refractivity contribution in [3.8, 4) is 0 Å². The highest BCUT2D eigenvalue weighted by Crippen LogP contribution is 2.22. The fourth-order valence-corrected chi connectivity index (χ4v) is 1.07. The fraction of sp³-hybridized carbons (Fsp3) is 0.571. The lowest BCUT2D eigenvalue weighted by molar-refractivity contribution is -0.132. The second-order valence-corrected chi connectivity index (χ2v) is 2.51. The molecule has 9 heavy (non-hydrogen) atoms. The summed E-state index contributed by atoms with van der Waals surface area (Å²) in [6, 6.07) is 0. The van der Waals surface area contributed by atoms with E-state index in [1.807, 2.05) is 13.0 Å². The standard InChI is InChI=1S/C7H10O2/c1-5-2-3-6(4-5)7(8)9/h4-5H,2-3H2,1H3,(H,8,9)/t5-/m1/s1. The van der Waals surface area contributed by atoms with Gasteiger partial charge in [-0.3, -0.25) is 0 Å². The largest absolute Gasteiger partial charge is 0.478 e. The van der Waals surface area contributed by atoms with Crippen molar-refractivity contribution in [2.75, 3.05) is 0 Å². The van der Waals surface area contributed by atoms with E-state index in [-0.39, 0.29) is 0 Å². The first-order valence-corrected chi connectivity index (χ1v) is 3.14. The number of hydrogen-bond acceptors (Lipinski definition) is 1. The minimum Gasteiger partial charge on any atom is -0.478 e. The van der Waals surface area contributed by atoms with Crippen LogP contribution < -0.4 is 0 Å². The van der Waals surface area contributed by atoms with E-state index in [1.54, 1.807) is 0 Å². The molecule has 50 valence electrons. The normalized spacial score (nSPS) is 25.9. The van der Waals surface area contributed by atoms with E-state index in [4.69, 9.17) is 5.11 Å². The number of carboxylic acids is 1. The first-order chi connectivity index (χ1) is 4.20. The van der Waals surface area contributed by atoms with Gasteiger partial charge in [0.2, 0.25) is 0 Å². The molecule has 0 aromatic heterocycles. The lowest BCUT2D eigenvalue weighted by atomic mass is 10.2. The van der Waals surface area contributed by atoms with Gasteiger partial charge in [-0.15, -0.1) is 0 Å². The summed E-state index contributed by atoms with van der Waals surface area (Å²) in [5, 5.41) is 8.46. The Labute approximate surface area is 54.2 Å². The highest BCUT2D eigenvalue weighted by molar-refractivity contribution is 5.87. The van der Waals surface area contributed by atoms with Gasteiger partial charge in [0.1, 0.15) is 0 Å². The lowest BCUT2D eigenvalue weighted by Crippen LogP contribution is -1.95. The van der Waals surface area contributed by atoms with Crippen molar-refractivity contribution >= 4 is 5.97 Å². The van der Waals surface area contributed by atoms with Gasteiger partial charge in [0, 0.05) is 5.57 Å². The van der Waals surface area contributed by atoms with Crippen LogP contribution in [0.5, 0.6) is 0 Å². The van der Waals surface area contributed by atoms with Crippen molar-refractivity contribution in [3.05, 3.63) is 11.6 Å². The van der Waals surface area contributed by atoms with Crippen LogP contribution in [0.2, 0.25) is 0 Å². The number of carboxylic acid groups (broad SMARTS) is 1. The van der Waals surface area contributed by atoms with Crippen molar-refractivity contribution < 1.29 is 9.90 Å². The summed E-state index contributed by atoms with van der Waals surface area (Å²) in [5.74, 6) is -0.282. The summed E-state index contributed by atoms with van der Waals surface area (Å²) >= 11 is 0. The molecule has 0 fully saturated rings. The minimum atomic E-state index is -0.751. The van der Waals surface area contributed by atoms with Crippen LogP contribution in [0, 0.1) is 5.92 Å². The molecule has 0 aromatic rings. The van der Waals surface area contributed by atoms with Crippen molar-refractivity contribution in [3.63, 3.8) is 0 Å². The Morgan fingerprint density at radius 3 is 2.78 bits per heavy atom. The Morgan fingerprint density at radius 2 is 2.56 bits per heavy atom. The number of hydrogen-bond donors (Lipinski definition) is 1. The molecule has 0 aromatic carbocycles. The number of carbonyl (C=O) groups is 1. The van der Waals surface area contributed by atoms with Gasteiger partial charge >= 0.3 is 5.97 Å². The summed E-state index contributed by atoms with van der Waals surface area (Å²) in [6.45, 7) is 2.04. The van der Waals surface area contributed by atoms with Crippen LogP contribution in [0.1, 0.15) is 19.8 Å². The van der Waals surface area contributed by atoms with E-state index < -0.39 is 5.97 Å². The zero-order chi connectivity index (χ0) is 6.85. The monoisotopic (exact) mass is 126 g/mol. The van der Waals surface area contributed by atoms with Gasteiger partial charge in [-0.25, -0.2) is 4.79 Å². The molecule has 0 saturated carbocycles. The number of rotatable bonds is 1. The second-order valence-electron chi connectivity index (χ2n) is 2.51. The third-order valence-electron chi connectivity index (χ3n) is 1.63. The van der Waals surface area contributed by atoms with Crippen LogP contribution in [-0.2, 0) is 4.79 Å².